The minimum atomic E-state index is -0.221. The average Bonchev–Trinajstić information content (AvgIpc) is 2.28. The van der Waals surface area contributed by atoms with Gasteiger partial charge in [0.1, 0.15) is 0 Å². The third-order valence-corrected chi connectivity index (χ3v) is 3.17. The molecule has 0 bridgehead atoms. The molecule has 0 aromatic carbocycles. The molecule has 15 heavy (non-hydrogen) atoms. The van der Waals surface area contributed by atoms with E-state index in [1.54, 1.807) is 0 Å². The predicted octanol–water partition coefficient (Wildman–Crippen LogP) is 2.28. The van der Waals surface area contributed by atoms with Crippen molar-refractivity contribution in [3.63, 3.8) is 0 Å². The van der Waals surface area contributed by atoms with Gasteiger partial charge in [-0.25, -0.2) is 0 Å². The summed E-state index contributed by atoms with van der Waals surface area (Å²) in [4.78, 5) is 4.54. The molecule has 88 valence electrons. The van der Waals surface area contributed by atoms with Crippen molar-refractivity contribution in [2.45, 2.75) is 6.42 Å². The van der Waals surface area contributed by atoms with Gasteiger partial charge in [-0.3, -0.25) is 9.29 Å². The van der Waals surface area contributed by atoms with Crippen LogP contribution in [0.5, 0.6) is 0 Å². The van der Waals surface area contributed by atoms with Gasteiger partial charge in [0, 0.05) is 49.8 Å². The number of halogens is 3. The highest BCUT2D eigenvalue weighted by molar-refractivity contribution is 6.36. The molecule has 0 aromatic heterocycles. The Hall–Kier alpha value is 0.170. The molecule has 0 spiro atoms. The maximum absolute atomic E-state index is 12.0. The van der Waals surface area contributed by atoms with Crippen LogP contribution >= 0.6 is 23.2 Å². The van der Waals surface area contributed by atoms with Gasteiger partial charge in [0.25, 0.3) is 0 Å². The molecule has 1 aliphatic heterocycles. The fraction of sp³-hybridized carbons (Fsp3) is 0.800. The van der Waals surface area contributed by atoms with Crippen LogP contribution in [0.1, 0.15) is 6.42 Å². The van der Waals surface area contributed by atoms with E-state index in [0.717, 1.165) is 39.3 Å². The van der Waals surface area contributed by atoms with Gasteiger partial charge in [-0.1, -0.05) is 23.2 Å². The number of rotatable bonds is 5. The monoisotopic (exact) mass is 254 g/mol. The van der Waals surface area contributed by atoms with Gasteiger partial charge in [0.05, 0.1) is 6.67 Å². The lowest BCUT2D eigenvalue weighted by molar-refractivity contribution is 0.138. The summed E-state index contributed by atoms with van der Waals surface area (Å²) in [5.74, 6) is 0. The highest BCUT2D eigenvalue weighted by atomic mass is 35.5. The minimum absolute atomic E-state index is 0.221. The standard InChI is InChI=1S/C10H17Cl2FN2/c11-8-10(12)9-15-6-4-14(5-7-15)3-1-2-13/h8H,1-7,9H2/b10-8-. The third kappa shape index (κ3) is 5.16. The summed E-state index contributed by atoms with van der Waals surface area (Å²) in [5, 5.41) is 0.675. The zero-order chi connectivity index (χ0) is 11.1. The largest absolute Gasteiger partial charge is 0.301 e. The van der Waals surface area contributed by atoms with Crippen LogP contribution in [0.3, 0.4) is 0 Å². The topological polar surface area (TPSA) is 6.48 Å². The van der Waals surface area contributed by atoms with Crippen LogP contribution in [0, 0.1) is 0 Å². The number of alkyl halides is 1. The fourth-order valence-electron chi connectivity index (χ4n) is 1.70. The number of piperazine rings is 1. The first kappa shape index (κ1) is 13.2. The highest BCUT2D eigenvalue weighted by Gasteiger charge is 2.16. The van der Waals surface area contributed by atoms with E-state index in [0.29, 0.717) is 11.5 Å². The first-order chi connectivity index (χ1) is 7.26. The van der Waals surface area contributed by atoms with E-state index in [9.17, 15) is 4.39 Å². The molecule has 0 unspecified atom stereocenters. The van der Waals surface area contributed by atoms with Crippen molar-refractivity contribution < 1.29 is 4.39 Å². The molecule has 1 fully saturated rings. The summed E-state index contributed by atoms with van der Waals surface area (Å²) < 4.78 is 12.0. The third-order valence-electron chi connectivity index (χ3n) is 2.57. The maximum atomic E-state index is 12.0. The molecule has 1 saturated heterocycles. The first-order valence-electron chi connectivity index (χ1n) is 5.21. The van der Waals surface area contributed by atoms with Crippen LogP contribution in [0.4, 0.5) is 4.39 Å². The summed E-state index contributed by atoms with van der Waals surface area (Å²) in [5.41, 5.74) is 1.41. The Kier molecular flexibility index (Phi) is 6.57. The van der Waals surface area contributed by atoms with Gasteiger partial charge >= 0.3 is 0 Å². The van der Waals surface area contributed by atoms with Crippen LogP contribution in [-0.4, -0.2) is 55.7 Å². The van der Waals surface area contributed by atoms with E-state index >= 15 is 0 Å². The Bertz CT molecular complexity index is 204. The predicted molar refractivity (Wildman–Crippen MR) is 63.3 cm³/mol. The zero-order valence-corrected chi connectivity index (χ0v) is 10.3. The Balaban J connectivity index is 2.18. The van der Waals surface area contributed by atoms with Gasteiger partial charge in [0.15, 0.2) is 0 Å². The second kappa shape index (κ2) is 7.44. The summed E-state index contributed by atoms with van der Waals surface area (Å²) in [6, 6.07) is 0. The normalized spacial score (nSPS) is 20.9. The lowest BCUT2D eigenvalue weighted by Crippen LogP contribution is -2.46. The Labute approximate surface area is 101 Å². The van der Waals surface area contributed by atoms with Crippen molar-refractivity contribution in [2.75, 3.05) is 45.9 Å². The van der Waals surface area contributed by atoms with E-state index in [4.69, 9.17) is 23.2 Å². The molecular weight excluding hydrogens is 238 g/mol. The Morgan fingerprint density at radius 2 is 1.80 bits per heavy atom. The Morgan fingerprint density at radius 3 is 2.33 bits per heavy atom. The smallest absolute Gasteiger partial charge is 0.0906 e. The van der Waals surface area contributed by atoms with E-state index in [1.807, 2.05) is 0 Å². The quantitative estimate of drug-likeness (QED) is 0.743. The first-order valence-corrected chi connectivity index (χ1v) is 6.03. The molecule has 0 aromatic rings. The van der Waals surface area contributed by atoms with Gasteiger partial charge in [0.2, 0.25) is 0 Å². The van der Waals surface area contributed by atoms with Gasteiger partial charge in [-0.15, -0.1) is 0 Å². The number of nitrogens with zero attached hydrogens (tertiary/aromatic N) is 2. The molecule has 1 aliphatic rings. The van der Waals surface area contributed by atoms with Crippen molar-refractivity contribution in [1.29, 1.82) is 0 Å². The van der Waals surface area contributed by atoms with Crippen molar-refractivity contribution in [3.05, 3.63) is 10.6 Å². The molecule has 0 radical (unpaired) electrons. The van der Waals surface area contributed by atoms with Crippen molar-refractivity contribution >= 4 is 23.2 Å². The second-order valence-corrected chi connectivity index (χ2v) is 4.42. The van der Waals surface area contributed by atoms with Crippen LogP contribution < -0.4 is 0 Å². The summed E-state index contributed by atoms with van der Waals surface area (Å²) in [6.07, 6.45) is 0.641. The van der Waals surface area contributed by atoms with Crippen LogP contribution in [0.2, 0.25) is 0 Å². The zero-order valence-electron chi connectivity index (χ0n) is 8.76. The second-order valence-electron chi connectivity index (χ2n) is 3.72. The van der Waals surface area contributed by atoms with Crippen LogP contribution in [-0.2, 0) is 0 Å². The molecular formula is C10H17Cl2FN2. The molecule has 0 aliphatic carbocycles. The molecule has 0 saturated carbocycles. The number of hydrogen-bond acceptors (Lipinski definition) is 2. The SMILES string of the molecule is FCCCN1CCN(C/C(Cl)=C/Cl)CC1. The maximum Gasteiger partial charge on any atom is 0.0906 e. The molecule has 0 amide bonds. The summed E-state index contributed by atoms with van der Waals surface area (Å²) in [6.45, 7) is 5.31. The fourth-order valence-corrected chi connectivity index (χ4v) is 1.94. The minimum Gasteiger partial charge on any atom is -0.301 e. The van der Waals surface area contributed by atoms with E-state index in [2.05, 4.69) is 9.80 Å². The number of hydrogen-bond donors (Lipinski definition) is 0. The van der Waals surface area contributed by atoms with Crippen LogP contribution in [0.15, 0.2) is 10.6 Å². The van der Waals surface area contributed by atoms with Crippen molar-refractivity contribution in [3.8, 4) is 0 Å². The molecule has 1 rings (SSSR count). The molecule has 0 N–H and O–H groups in total. The summed E-state index contributed by atoms with van der Waals surface area (Å²) in [7, 11) is 0. The molecule has 2 nitrogen and oxygen atoms in total. The molecule has 0 atom stereocenters. The van der Waals surface area contributed by atoms with Gasteiger partial charge < -0.3 is 4.90 Å². The highest BCUT2D eigenvalue weighted by Crippen LogP contribution is 2.09. The van der Waals surface area contributed by atoms with Crippen molar-refractivity contribution in [1.82, 2.24) is 9.80 Å². The van der Waals surface area contributed by atoms with Crippen LogP contribution in [0.25, 0.3) is 0 Å². The van der Waals surface area contributed by atoms with Crippen molar-refractivity contribution in [2.24, 2.45) is 0 Å². The lowest BCUT2D eigenvalue weighted by Gasteiger charge is -2.34. The van der Waals surface area contributed by atoms with E-state index < -0.39 is 0 Å². The summed E-state index contributed by atoms with van der Waals surface area (Å²) >= 11 is 11.3. The molecule has 1 heterocycles. The lowest BCUT2D eigenvalue weighted by atomic mass is 10.3. The van der Waals surface area contributed by atoms with E-state index in [-0.39, 0.29) is 6.67 Å². The average molecular weight is 255 g/mol. The molecule has 5 heteroatoms. The Morgan fingerprint density at radius 1 is 1.20 bits per heavy atom. The van der Waals surface area contributed by atoms with E-state index in [1.165, 1.54) is 5.54 Å². The van der Waals surface area contributed by atoms with Gasteiger partial charge in [-0.2, -0.15) is 0 Å². The van der Waals surface area contributed by atoms with Gasteiger partial charge in [-0.05, 0) is 6.42 Å².